The molecule has 1 unspecified atom stereocenters. The smallest absolute Gasteiger partial charge is 0.231 e. The summed E-state index contributed by atoms with van der Waals surface area (Å²) in [6, 6.07) is 7.92. The molecular formula is C18H20N2O3S. The fraction of sp³-hybridized carbons (Fsp3) is 0.444. The van der Waals surface area contributed by atoms with Crippen LogP contribution in [0.5, 0.6) is 11.5 Å². The van der Waals surface area contributed by atoms with Gasteiger partial charge in [0, 0.05) is 12.3 Å². The molecule has 0 aliphatic carbocycles. The third-order valence-electron chi connectivity index (χ3n) is 4.10. The van der Waals surface area contributed by atoms with Crippen molar-refractivity contribution in [3.05, 3.63) is 34.4 Å². The van der Waals surface area contributed by atoms with Gasteiger partial charge in [-0.2, -0.15) is 5.26 Å². The van der Waals surface area contributed by atoms with Crippen molar-refractivity contribution in [3.8, 4) is 17.6 Å². The lowest BCUT2D eigenvalue weighted by molar-refractivity contribution is -0.120. The van der Waals surface area contributed by atoms with Gasteiger partial charge in [-0.15, -0.1) is 11.8 Å². The predicted molar refractivity (Wildman–Crippen MR) is 92.6 cm³/mol. The van der Waals surface area contributed by atoms with Crippen molar-refractivity contribution in [3.63, 3.8) is 0 Å². The second-order valence-corrected chi connectivity index (χ2v) is 7.41. The molecular weight excluding hydrogens is 324 g/mol. The molecule has 1 amide bonds. The lowest BCUT2D eigenvalue weighted by Crippen LogP contribution is -2.31. The Kier molecular flexibility index (Phi) is 5.00. The van der Waals surface area contributed by atoms with Gasteiger partial charge in [-0.05, 0) is 35.8 Å². The molecule has 0 saturated heterocycles. The monoisotopic (exact) mass is 344 g/mol. The summed E-state index contributed by atoms with van der Waals surface area (Å²) in [6.45, 7) is 4.53. The van der Waals surface area contributed by atoms with E-state index in [-0.39, 0.29) is 25.0 Å². The van der Waals surface area contributed by atoms with Gasteiger partial charge >= 0.3 is 0 Å². The number of ether oxygens (including phenoxy) is 2. The third-order valence-corrected chi connectivity index (χ3v) is 5.15. The average Bonchev–Trinajstić information content (AvgIpc) is 3.01. The molecule has 0 aromatic heterocycles. The van der Waals surface area contributed by atoms with E-state index in [1.165, 1.54) is 0 Å². The van der Waals surface area contributed by atoms with Crippen LogP contribution in [-0.2, 0) is 4.79 Å². The van der Waals surface area contributed by atoms with Crippen LogP contribution in [0.1, 0.15) is 38.2 Å². The number of thioether (sulfide) groups is 1. The molecule has 0 spiro atoms. The summed E-state index contributed by atoms with van der Waals surface area (Å²) in [5.74, 6) is 2.56. The second-order valence-electron chi connectivity index (χ2n) is 6.30. The summed E-state index contributed by atoms with van der Waals surface area (Å²) >= 11 is 1.56. The molecule has 0 radical (unpaired) electrons. The van der Waals surface area contributed by atoms with E-state index in [0.717, 1.165) is 17.7 Å². The van der Waals surface area contributed by atoms with E-state index in [0.29, 0.717) is 28.0 Å². The van der Waals surface area contributed by atoms with Crippen LogP contribution in [0.15, 0.2) is 28.8 Å². The van der Waals surface area contributed by atoms with Gasteiger partial charge in [-0.25, -0.2) is 0 Å². The number of fused-ring (bicyclic) bond motifs is 1. The number of nitrogens with zero attached hydrogens (tertiary/aromatic N) is 1. The van der Waals surface area contributed by atoms with Crippen molar-refractivity contribution in [1.29, 1.82) is 5.26 Å². The van der Waals surface area contributed by atoms with Crippen LogP contribution in [-0.4, -0.2) is 18.5 Å². The molecule has 0 saturated carbocycles. The zero-order valence-electron chi connectivity index (χ0n) is 13.8. The van der Waals surface area contributed by atoms with Gasteiger partial charge in [0.15, 0.2) is 11.5 Å². The number of hydrogen-bond acceptors (Lipinski definition) is 5. The first-order valence-electron chi connectivity index (χ1n) is 8.05. The minimum Gasteiger partial charge on any atom is -0.454 e. The highest BCUT2D eigenvalue weighted by molar-refractivity contribution is 8.03. The number of carbonyl (C=O) groups excluding carboxylic acids is 1. The summed E-state index contributed by atoms with van der Waals surface area (Å²) in [5.41, 5.74) is 1.54. The highest BCUT2D eigenvalue weighted by Gasteiger charge is 2.30. The van der Waals surface area contributed by atoms with Crippen molar-refractivity contribution in [2.45, 2.75) is 32.6 Å². The topological polar surface area (TPSA) is 71.3 Å². The first-order valence-corrected chi connectivity index (χ1v) is 9.03. The van der Waals surface area contributed by atoms with Crippen LogP contribution in [0.3, 0.4) is 0 Å². The van der Waals surface area contributed by atoms with E-state index in [1.54, 1.807) is 11.8 Å². The zero-order chi connectivity index (χ0) is 17.1. The lowest BCUT2D eigenvalue weighted by atomic mass is 9.87. The molecule has 2 aliphatic rings. The fourth-order valence-corrected chi connectivity index (χ4v) is 4.07. The number of benzene rings is 1. The van der Waals surface area contributed by atoms with Crippen molar-refractivity contribution in [2.75, 3.05) is 12.5 Å². The van der Waals surface area contributed by atoms with Gasteiger partial charge in [0.25, 0.3) is 0 Å². The summed E-state index contributed by atoms with van der Waals surface area (Å²) in [5, 5.41) is 13.2. The van der Waals surface area contributed by atoms with E-state index >= 15 is 0 Å². The quantitative estimate of drug-likeness (QED) is 0.885. The van der Waals surface area contributed by atoms with E-state index in [9.17, 15) is 10.1 Å². The molecule has 1 N–H and O–H groups in total. The van der Waals surface area contributed by atoms with Crippen LogP contribution in [0.25, 0.3) is 0 Å². The van der Waals surface area contributed by atoms with Gasteiger partial charge in [0.1, 0.15) is 0 Å². The maximum Gasteiger partial charge on any atom is 0.231 e. The largest absolute Gasteiger partial charge is 0.454 e. The maximum atomic E-state index is 12.1. The Bertz CT molecular complexity index is 721. The summed E-state index contributed by atoms with van der Waals surface area (Å²) in [4.78, 5) is 12.1. The van der Waals surface area contributed by atoms with E-state index in [1.807, 2.05) is 18.2 Å². The molecule has 24 heavy (non-hydrogen) atoms. The molecule has 0 bridgehead atoms. The molecule has 6 heteroatoms. The minimum atomic E-state index is -0.236. The number of hydrogen-bond donors (Lipinski definition) is 1. The normalized spacial score (nSPS) is 19.4. The molecule has 1 atom stereocenters. The SMILES string of the molecule is CC(C)CCSC1=C(C#N)C(c2ccc3c(c2)OCO3)CC(=O)N1. The Hall–Kier alpha value is -2.13. The molecule has 5 nitrogen and oxygen atoms in total. The van der Waals surface area contributed by atoms with Crippen LogP contribution >= 0.6 is 11.8 Å². The van der Waals surface area contributed by atoms with Gasteiger partial charge in [0.2, 0.25) is 12.7 Å². The molecule has 1 aromatic carbocycles. The lowest BCUT2D eigenvalue weighted by Gasteiger charge is -2.25. The van der Waals surface area contributed by atoms with Crippen molar-refractivity contribution < 1.29 is 14.3 Å². The van der Waals surface area contributed by atoms with E-state index < -0.39 is 0 Å². The van der Waals surface area contributed by atoms with E-state index in [2.05, 4.69) is 25.2 Å². The van der Waals surface area contributed by atoms with Gasteiger partial charge in [-0.1, -0.05) is 19.9 Å². The highest BCUT2D eigenvalue weighted by Crippen LogP contribution is 2.40. The second kappa shape index (κ2) is 7.18. The Morgan fingerprint density at radius 3 is 2.92 bits per heavy atom. The van der Waals surface area contributed by atoms with Crippen molar-refractivity contribution in [2.24, 2.45) is 5.92 Å². The van der Waals surface area contributed by atoms with E-state index in [4.69, 9.17) is 9.47 Å². The molecule has 3 rings (SSSR count). The van der Waals surface area contributed by atoms with Crippen LogP contribution in [0.2, 0.25) is 0 Å². The molecule has 2 aliphatic heterocycles. The van der Waals surface area contributed by atoms with Gasteiger partial charge in [-0.3, -0.25) is 4.79 Å². The van der Waals surface area contributed by atoms with Crippen LogP contribution < -0.4 is 14.8 Å². The molecule has 2 heterocycles. The number of amides is 1. The predicted octanol–water partition coefficient (Wildman–Crippen LogP) is 3.53. The maximum absolute atomic E-state index is 12.1. The highest BCUT2D eigenvalue weighted by atomic mass is 32.2. The number of nitrogens with one attached hydrogen (secondary N) is 1. The first kappa shape index (κ1) is 16.7. The van der Waals surface area contributed by atoms with Gasteiger partial charge in [0.05, 0.1) is 16.7 Å². The number of rotatable bonds is 5. The number of allylic oxidation sites excluding steroid dienone is 1. The standard InChI is InChI=1S/C18H20N2O3S/c1-11(2)5-6-24-18-14(9-19)13(8-17(21)20-18)12-3-4-15-16(7-12)23-10-22-15/h3-4,7,11,13H,5-6,8,10H2,1-2H3,(H,20,21). The summed E-state index contributed by atoms with van der Waals surface area (Å²) < 4.78 is 10.7. The Labute approximate surface area is 146 Å². The zero-order valence-corrected chi connectivity index (χ0v) is 14.6. The average molecular weight is 344 g/mol. The van der Waals surface area contributed by atoms with Crippen molar-refractivity contribution in [1.82, 2.24) is 5.32 Å². The number of nitriles is 1. The molecule has 126 valence electrons. The summed E-state index contributed by atoms with van der Waals surface area (Å²) in [6.07, 6.45) is 1.31. The third kappa shape index (κ3) is 3.51. The Morgan fingerprint density at radius 1 is 1.38 bits per heavy atom. The Morgan fingerprint density at radius 2 is 2.17 bits per heavy atom. The summed E-state index contributed by atoms with van der Waals surface area (Å²) in [7, 11) is 0. The Balaban J connectivity index is 1.88. The van der Waals surface area contributed by atoms with Gasteiger partial charge < -0.3 is 14.8 Å². The van der Waals surface area contributed by atoms with Crippen LogP contribution in [0.4, 0.5) is 0 Å². The minimum absolute atomic E-state index is 0.0521. The first-order chi connectivity index (χ1) is 11.6. The number of carbonyl (C=O) groups is 1. The molecule has 1 aromatic rings. The van der Waals surface area contributed by atoms with Crippen molar-refractivity contribution >= 4 is 17.7 Å². The van der Waals surface area contributed by atoms with Crippen LogP contribution in [0, 0.1) is 17.2 Å². The fourth-order valence-electron chi connectivity index (χ4n) is 2.74. The molecule has 0 fully saturated rings.